The number of carbonyl (C=O) groups excluding carboxylic acids is 2. The molecule has 7 nitrogen and oxygen atoms in total. The van der Waals surface area contributed by atoms with Crippen molar-refractivity contribution in [3.8, 4) is 0 Å². The second-order valence-electron chi connectivity index (χ2n) is 7.30. The van der Waals surface area contributed by atoms with E-state index in [0.717, 1.165) is 18.5 Å². The van der Waals surface area contributed by atoms with Gasteiger partial charge in [0.2, 0.25) is 5.91 Å². The summed E-state index contributed by atoms with van der Waals surface area (Å²) < 4.78 is 0. The standard InChI is InChI=1S/C23H23N5O2/c1-14(29)26-16-6-4-7-17(11-16)27-22-12-21(19(13-25-22)23(24)30)28-20-10-9-15-5-2-3-8-18(15)20/h2-8,11-13,20H,9-10H2,1H3,(H2,24,30)(H,26,29)(H2,25,27,28). The first-order valence-electron chi connectivity index (χ1n) is 9.78. The maximum Gasteiger partial charge on any atom is 0.252 e. The largest absolute Gasteiger partial charge is 0.377 e. The summed E-state index contributed by atoms with van der Waals surface area (Å²) in [6, 6.07) is 17.5. The lowest BCUT2D eigenvalue weighted by molar-refractivity contribution is -0.114. The number of hydrogen-bond donors (Lipinski definition) is 4. The molecule has 1 aromatic heterocycles. The maximum absolute atomic E-state index is 11.9. The third kappa shape index (κ3) is 4.25. The Morgan fingerprint density at radius 3 is 2.67 bits per heavy atom. The number of aryl methyl sites for hydroxylation is 1. The van der Waals surface area contributed by atoms with Crippen LogP contribution in [0.5, 0.6) is 0 Å². The molecule has 7 heteroatoms. The Balaban J connectivity index is 1.59. The van der Waals surface area contributed by atoms with Crippen molar-refractivity contribution in [1.29, 1.82) is 0 Å². The molecule has 4 rings (SSSR count). The highest BCUT2D eigenvalue weighted by molar-refractivity contribution is 5.98. The molecule has 0 spiro atoms. The molecule has 0 fully saturated rings. The number of primary amides is 1. The van der Waals surface area contributed by atoms with E-state index in [9.17, 15) is 9.59 Å². The van der Waals surface area contributed by atoms with Gasteiger partial charge in [-0.3, -0.25) is 9.59 Å². The van der Waals surface area contributed by atoms with Gasteiger partial charge in [-0.25, -0.2) is 4.98 Å². The van der Waals surface area contributed by atoms with Crippen LogP contribution < -0.4 is 21.7 Å². The van der Waals surface area contributed by atoms with Crippen LogP contribution in [-0.4, -0.2) is 16.8 Å². The van der Waals surface area contributed by atoms with Crippen LogP contribution in [0, 0.1) is 0 Å². The van der Waals surface area contributed by atoms with E-state index in [1.165, 1.54) is 24.2 Å². The minimum atomic E-state index is -0.532. The first-order valence-corrected chi connectivity index (χ1v) is 9.78. The predicted molar refractivity (Wildman–Crippen MR) is 118 cm³/mol. The second kappa shape index (κ2) is 8.24. The van der Waals surface area contributed by atoms with E-state index in [4.69, 9.17) is 5.73 Å². The highest BCUT2D eigenvalue weighted by Crippen LogP contribution is 2.35. The Bertz CT molecular complexity index is 1110. The van der Waals surface area contributed by atoms with Gasteiger partial charge in [0.15, 0.2) is 0 Å². The molecule has 0 radical (unpaired) electrons. The maximum atomic E-state index is 11.9. The van der Waals surface area contributed by atoms with E-state index >= 15 is 0 Å². The van der Waals surface area contributed by atoms with Crippen LogP contribution in [0.4, 0.5) is 22.9 Å². The number of anilines is 4. The molecular formula is C23H23N5O2. The fourth-order valence-corrected chi connectivity index (χ4v) is 3.76. The van der Waals surface area contributed by atoms with Gasteiger partial charge in [-0.15, -0.1) is 0 Å². The smallest absolute Gasteiger partial charge is 0.252 e. The summed E-state index contributed by atoms with van der Waals surface area (Å²) in [7, 11) is 0. The molecule has 2 aromatic carbocycles. The summed E-state index contributed by atoms with van der Waals surface area (Å²) in [4.78, 5) is 27.6. The monoisotopic (exact) mass is 401 g/mol. The summed E-state index contributed by atoms with van der Waals surface area (Å²) in [5.41, 5.74) is 10.6. The predicted octanol–water partition coefficient (Wildman–Crippen LogP) is 3.98. The van der Waals surface area contributed by atoms with Crippen LogP contribution in [0.25, 0.3) is 0 Å². The van der Waals surface area contributed by atoms with Crippen LogP contribution in [0.1, 0.15) is 40.9 Å². The molecule has 0 saturated heterocycles. The number of aromatic nitrogens is 1. The summed E-state index contributed by atoms with van der Waals surface area (Å²) in [6.07, 6.45) is 3.42. The number of pyridine rings is 1. The molecule has 1 heterocycles. The molecule has 0 aliphatic heterocycles. The van der Waals surface area contributed by atoms with E-state index in [1.807, 2.05) is 30.3 Å². The highest BCUT2D eigenvalue weighted by atomic mass is 16.1. The van der Waals surface area contributed by atoms with Gasteiger partial charge >= 0.3 is 0 Å². The van der Waals surface area contributed by atoms with Crippen molar-refractivity contribution < 1.29 is 9.59 Å². The van der Waals surface area contributed by atoms with Gasteiger partial charge in [0.25, 0.3) is 5.91 Å². The number of nitrogens with two attached hydrogens (primary N) is 1. The molecule has 3 aromatic rings. The number of carbonyl (C=O) groups is 2. The number of hydrogen-bond acceptors (Lipinski definition) is 5. The van der Waals surface area contributed by atoms with Crippen LogP contribution in [0.15, 0.2) is 60.8 Å². The molecule has 1 aliphatic carbocycles. The lowest BCUT2D eigenvalue weighted by atomic mass is 10.1. The Morgan fingerprint density at radius 2 is 1.87 bits per heavy atom. The molecule has 152 valence electrons. The van der Waals surface area contributed by atoms with Gasteiger partial charge in [0, 0.05) is 30.6 Å². The molecule has 2 amide bonds. The third-order valence-corrected chi connectivity index (χ3v) is 5.09. The number of benzene rings is 2. The molecule has 30 heavy (non-hydrogen) atoms. The lowest BCUT2D eigenvalue weighted by Gasteiger charge is -2.18. The fourth-order valence-electron chi connectivity index (χ4n) is 3.76. The van der Waals surface area contributed by atoms with Crippen molar-refractivity contribution in [2.45, 2.75) is 25.8 Å². The zero-order valence-electron chi connectivity index (χ0n) is 16.6. The first-order chi connectivity index (χ1) is 14.5. The summed E-state index contributed by atoms with van der Waals surface area (Å²) in [6.45, 7) is 1.46. The minimum Gasteiger partial charge on any atom is -0.377 e. The van der Waals surface area contributed by atoms with E-state index in [-0.39, 0.29) is 11.9 Å². The van der Waals surface area contributed by atoms with Crippen molar-refractivity contribution in [2.24, 2.45) is 5.73 Å². The Hall–Kier alpha value is -3.87. The highest BCUT2D eigenvalue weighted by Gasteiger charge is 2.23. The van der Waals surface area contributed by atoms with Crippen molar-refractivity contribution in [1.82, 2.24) is 4.98 Å². The third-order valence-electron chi connectivity index (χ3n) is 5.09. The average molecular weight is 401 g/mol. The van der Waals surface area contributed by atoms with Crippen molar-refractivity contribution in [3.05, 3.63) is 77.5 Å². The van der Waals surface area contributed by atoms with Crippen LogP contribution >= 0.6 is 0 Å². The topological polar surface area (TPSA) is 109 Å². The zero-order valence-corrected chi connectivity index (χ0v) is 16.6. The lowest BCUT2D eigenvalue weighted by Crippen LogP contribution is -2.17. The Kier molecular flexibility index (Phi) is 5.34. The quantitative estimate of drug-likeness (QED) is 0.499. The first kappa shape index (κ1) is 19.4. The SMILES string of the molecule is CC(=O)Nc1cccc(Nc2cc(NC3CCc4ccccc43)c(C(N)=O)cn2)c1. The van der Waals surface area contributed by atoms with Crippen molar-refractivity contribution >= 4 is 34.7 Å². The molecule has 5 N–H and O–H groups in total. The average Bonchev–Trinajstić information content (AvgIpc) is 3.11. The fraction of sp³-hybridized carbons (Fsp3) is 0.174. The normalized spacial score (nSPS) is 14.6. The molecule has 0 bridgehead atoms. The van der Waals surface area contributed by atoms with Gasteiger partial charge < -0.3 is 21.7 Å². The zero-order chi connectivity index (χ0) is 21.1. The van der Waals surface area contributed by atoms with Crippen molar-refractivity contribution in [2.75, 3.05) is 16.0 Å². The second-order valence-corrected chi connectivity index (χ2v) is 7.30. The Labute approximate surface area is 174 Å². The minimum absolute atomic E-state index is 0.109. The number of nitrogens with one attached hydrogen (secondary N) is 3. The van der Waals surface area contributed by atoms with E-state index in [1.54, 1.807) is 12.1 Å². The molecule has 0 saturated carbocycles. The van der Waals surface area contributed by atoms with Gasteiger partial charge in [-0.1, -0.05) is 30.3 Å². The van der Waals surface area contributed by atoms with Crippen molar-refractivity contribution in [3.63, 3.8) is 0 Å². The van der Waals surface area contributed by atoms with Gasteiger partial charge in [0.05, 0.1) is 17.3 Å². The van der Waals surface area contributed by atoms with Crippen LogP contribution in [-0.2, 0) is 11.2 Å². The van der Waals surface area contributed by atoms with Gasteiger partial charge in [0.1, 0.15) is 5.82 Å². The van der Waals surface area contributed by atoms with E-state index < -0.39 is 5.91 Å². The summed E-state index contributed by atoms with van der Waals surface area (Å²) >= 11 is 0. The summed E-state index contributed by atoms with van der Waals surface area (Å²) in [5, 5.41) is 9.44. The number of rotatable bonds is 6. The van der Waals surface area contributed by atoms with Crippen LogP contribution in [0.2, 0.25) is 0 Å². The molecular weight excluding hydrogens is 378 g/mol. The molecule has 1 atom stereocenters. The number of nitrogens with zero attached hydrogens (tertiary/aromatic N) is 1. The van der Waals surface area contributed by atoms with Gasteiger partial charge in [-0.05, 0) is 42.2 Å². The van der Waals surface area contributed by atoms with E-state index in [2.05, 4.69) is 33.1 Å². The molecule has 1 aliphatic rings. The number of fused-ring (bicyclic) bond motifs is 1. The Morgan fingerprint density at radius 1 is 1.07 bits per heavy atom. The van der Waals surface area contributed by atoms with Crippen LogP contribution in [0.3, 0.4) is 0 Å². The van der Waals surface area contributed by atoms with E-state index in [0.29, 0.717) is 22.8 Å². The van der Waals surface area contributed by atoms with Gasteiger partial charge in [-0.2, -0.15) is 0 Å². The molecule has 1 unspecified atom stereocenters. The number of amides is 2. The summed E-state index contributed by atoms with van der Waals surface area (Å²) in [5.74, 6) is -0.108.